The normalized spacial score (nSPS) is 14.1. The minimum absolute atomic E-state index is 0.190. The number of ether oxygens (including phenoxy) is 3. The summed E-state index contributed by atoms with van der Waals surface area (Å²) in [6, 6.07) is 14.1. The fourth-order valence-electron chi connectivity index (χ4n) is 4.84. The van der Waals surface area contributed by atoms with Crippen LogP contribution in [0.25, 0.3) is 22.3 Å². The summed E-state index contributed by atoms with van der Waals surface area (Å²) in [5.74, 6) is -0.565. The van der Waals surface area contributed by atoms with Gasteiger partial charge in [-0.2, -0.15) is 13.2 Å². The van der Waals surface area contributed by atoms with Crippen molar-refractivity contribution in [2.45, 2.75) is 51.5 Å². The van der Waals surface area contributed by atoms with Crippen LogP contribution < -0.4 is 10.1 Å². The molecular formula is C31H32F3NO5. The van der Waals surface area contributed by atoms with E-state index in [2.05, 4.69) is 5.32 Å². The third kappa shape index (κ3) is 6.14. The van der Waals surface area contributed by atoms with Gasteiger partial charge in [-0.25, -0.2) is 4.79 Å². The SMILES string of the molecule is CNC(=O)c1ccc(-c2ccc(C(F)(F)F)c(C(OC(C)(C)C)C(=O)OC)c2-c2ccc3c(c2)CCCO3)cc1. The number of methoxy groups -OCH3 is 1. The number of benzene rings is 3. The van der Waals surface area contributed by atoms with Gasteiger partial charge in [-0.05, 0) is 91.8 Å². The van der Waals surface area contributed by atoms with Gasteiger partial charge in [-0.15, -0.1) is 0 Å². The quantitative estimate of drug-likeness (QED) is 0.341. The highest BCUT2D eigenvalue weighted by Gasteiger charge is 2.42. The molecule has 0 fully saturated rings. The summed E-state index contributed by atoms with van der Waals surface area (Å²) in [6.45, 7) is 5.54. The topological polar surface area (TPSA) is 73.9 Å². The van der Waals surface area contributed by atoms with Crippen molar-refractivity contribution in [1.82, 2.24) is 5.32 Å². The molecule has 40 heavy (non-hydrogen) atoms. The Balaban J connectivity index is 2.09. The predicted octanol–water partition coefficient (Wildman–Crippen LogP) is 6.75. The van der Waals surface area contributed by atoms with E-state index in [1.165, 1.54) is 13.1 Å². The molecule has 0 bridgehead atoms. The van der Waals surface area contributed by atoms with E-state index in [1.54, 1.807) is 63.2 Å². The molecule has 0 saturated heterocycles. The summed E-state index contributed by atoms with van der Waals surface area (Å²) in [7, 11) is 2.63. The lowest BCUT2D eigenvalue weighted by atomic mass is 9.84. The maximum Gasteiger partial charge on any atom is 0.416 e. The van der Waals surface area contributed by atoms with Crippen LogP contribution in [0.15, 0.2) is 54.6 Å². The van der Waals surface area contributed by atoms with E-state index in [9.17, 15) is 22.8 Å². The van der Waals surface area contributed by atoms with Crippen LogP contribution in [-0.2, 0) is 26.9 Å². The molecule has 9 heteroatoms. The van der Waals surface area contributed by atoms with Crippen molar-refractivity contribution in [1.29, 1.82) is 0 Å². The zero-order valence-corrected chi connectivity index (χ0v) is 23.1. The average molecular weight is 556 g/mol. The lowest BCUT2D eigenvalue weighted by Gasteiger charge is -2.31. The number of hydrogen-bond acceptors (Lipinski definition) is 5. The lowest BCUT2D eigenvalue weighted by molar-refractivity contribution is -0.166. The fraction of sp³-hybridized carbons (Fsp3) is 0.355. The van der Waals surface area contributed by atoms with Crippen molar-refractivity contribution in [3.8, 4) is 28.0 Å². The van der Waals surface area contributed by atoms with Crippen molar-refractivity contribution < 1.29 is 37.0 Å². The molecule has 1 atom stereocenters. The lowest BCUT2D eigenvalue weighted by Crippen LogP contribution is -2.30. The van der Waals surface area contributed by atoms with Gasteiger partial charge in [0.25, 0.3) is 5.91 Å². The number of carbonyl (C=O) groups is 2. The van der Waals surface area contributed by atoms with E-state index in [-0.39, 0.29) is 17.0 Å². The van der Waals surface area contributed by atoms with E-state index in [1.807, 2.05) is 0 Å². The van der Waals surface area contributed by atoms with Crippen molar-refractivity contribution in [2.24, 2.45) is 0 Å². The van der Waals surface area contributed by atoms with Gasteiger partial charge >= 0.3 is 12.1 Å². The van der Waals surface area contributed by atoms with Crippen LogP contribution in [0.1, 0.15) is 60.3 Å². The van der Waals surface area contributed by atoms with Gasteiger partial charge in [0, 0.05) is 18.2 Å². The molecule has 0 saturated carbocycles. The first-order chi connectivity index (χ1) is 18.8. The third-order valence-corrected chi connectivity index (χ3v) is 6.58. The van der Waals surface area contributed by atoms with E-state index in [4.69, 9.17) is 14.2 Å². The Morgan fingerprint density at radius 2 is 1.65 bits per heavy atom. The Labute approximate surface area is 231 Å². The summed E-state index contributed by atoms with van der Waals surface area (Å²) in [5.41, 5.74) is 0.612. The number of esters is 1. The van der Waals surface area contributed by atoms with E-state index in [0.717, 1.165) is 25.2 Å². The number of halogens is 3. The second kappa shape index (κ2) is 11.3. The first kappa shape index (κ1) is 29.1. The molecule has 1 unspecified atom stereocenters. The molecule has 1 aliphatic heterocycles. The van der Waals surface area contributed by atoms with Crippen LogP contribution in [0, 0.1) is 0 Å². The number of fused-ring (bicyclic) bond motifs is 1. The average Bonchev–Trinajstić information content (AvgIpc) is 2.93. The van der Waals surface area contributed by atoms with Crippen molar-refractivity contribution in [3.05, 3.63) is 76.9 Å². The summed E-state index contributed by atoms with van der Waals surface area (Å²) in [5, 5.41) is 2.55. The van der Waals surface area contributed by atoms with Gasteiger partial charge in [-0.3, -0.25) is 4.79 Å². The largest absolute Gasteiger partial charge is 0.493 e. The van der Waals surface area contributed by atoms with Crippen LogP contribution >= 0.6 is 0 Å². The molecule has 0 aliphatic carbocycles. The standard InChI is InChI=1S/C31H32F3NO5/c1-30(2,3)40-27(29(37)38-5)26-23(31(32,33)34)14-13-22(18-8-10-19(11-9-18)28(36)35-4)25(26)21-12-15-24-20(17-21)7-6-16-39-24/h8-15,17,27H,6-7,16H2,1-5H3,(H,35,36). The minimum Gasteiger partial charge on any atom is -0.493 e. The number of hydrogen-bond donors (Lipinski definition) is 1. The van der Waals surface area contributed by atoms with Crippen molar-refractivity contribution in [3.63, 3.8) is 0 Å². The highest BCUT2D eigenvalue weighted by Crippen LogP contribution is 2.47. The van der Waals surface area contributed by atoms with E-state index >= 15 is 0 Å². The molecule has 1 N–H and O–H groups in total. The Morgan fingerprint density at radius 3 is 2.25 bits per heavy atom. The van der Waals surface area contributed by atoms with Gasteiger partial charge in [0.2, 0.25) is 0 Å². The molecule has 1 amide bonds. The molecule has 0 radical (unpaired) electrons. The maximum absolute atomic E-state index is 14.6. The molecule has 3 aromatic carbocycles. The molecule has 0 aromatic heterocycles. The Kier molecular flexibility index (Phi) is 8.25. The molecule has 3 aromatic rings. The van der Waals surface area contributed by atoms with Crippen LogP contribution in [0.2, 0.25) is 0 Å². The van der Waals surface area contributed by atoms with Gasteiger partial charge in [0.1, 0.15) is 5.75 Å². The Bertz CT molecular complexity index is 1410. The molecule has 6 nitrogen and oxygen atoms in total. The zero-order valence-electron chi connectivity index (χ0n) is 23.1. The van der Waals surface area contributed by atoms with Gasteiger partial charge in [-0.1, -0.05) is 24.3 Å². The van der Waals surface area contributed by atoms with Crippen molar-refractivity contribution >= 4 is 11.9 Å². The summed E-state index contributed by atoms with van der Waals surface area (Å²) < 4.78 is 60.6. The monoisotopic (exact) mass is 555 g/mol. The third-order valence-electron chi connectivity index (χ3n) is 6.58. The molecule has 0 spiro atoms. The molecule has 1 heterocycles. The highest BCUT2D eigenvalue weighted by molar-refractivity contribution is 5.96. The molecule has 1 aliphatic rings. The Morgan fingerprint density at radius 1 is 0.975 bits per heavy atom. The first-order valence-corrected chi connectivity index (χ1v) is 12.9. The summed E-state index contributed by atoms with van der Waals surface area (Å²) in [6.07, 6.45) is -4.99. The van der Waals surface area contributed by atoms with Crippen LogP contribution in [0.5, 0.6) is 5.75 Å². The van der Waals surface area contributed by atoms with E-state index < -0.39 is 29.4 Å². The van der Waals surface area contributed by atoms with Gasteiger partial charge < -0.3 is 19.5 Å². The molecule has 4 rings (SSSR count). The second-order valence-corrected chi connectivity index (χ2v) is 10.5. The van der Waals surface area contributed by atoms with E-state index in [0.29, 0.717) is 41.0 Å². The highest BCUT2D eigenvalue weighted by atomic mass is 19.4. The smallest absolute Gasteiger partial charge is 0.416 e. The number of amides is 1. The number of aryl methyl sites for hydroxylation is 1. The number of nitrogens with one attached hydrogen (secondary N) is 1. The van der Waals surface area contributed by atoms with Crippen molar-refractivity contribution in [2.75, 3.05) is 20.8 Å². The number of rotatable bonds is 6. The van der Waals surface area contributed by atoms with Gasteiger partial charge in [0.15, 0.2) is 6.10 Å². The number of carbonyl (C=O) groups excluding carboxylic acids is 2. The van der Waals surface area contributed by atoms with Crippen LogP contribution in [0.3, 0.4) is 0 Å². The summed E-state index contributed by atoms with van der Waals surface area (Å²) >= 11 is 0. The zero-order chi connectivity index (χ0) is 29.2. The fourth-order valence-corrected chi connectivity index (χ4v) is 4.84. The maximum atomic E-state index is 14.6. The Hall–Kier alpha value is -3.85. The van der Waals surface area contributed by atoms with Crippen LogP contribution in [0.4, 0.5) is 13.2 Å². The van der Waals surface area contributed by atoms with Gasteiger partial charge in [0.05, 0.1) is 24.9 Å². The second-order valence-electron chi connectivity index (χ2n) is 10.5. The first-order valence-electron chi connectivity index (χ1n) is 12.9. The number of alkyl halides is 3. The van der Waals surface area contributed by atoms with Crippen LogP contribution in [-0.4, -0.2) is 38.2 Å². The predicted molar refractivity (Wildman–Crippen MR) is 145 cm³/mol. The minimum atomic E-state index is -4.80. The molecule has 212 valence electrons. The summed E-state index contributed by atoms with van der Waals surface area (Å²) in [4.78, 5) is 25.2. The molecular weight excluding hydrogens is 523 g/mol.